The lowest BCUT2D eigenvalue weighted by Crippen LogP contribution is -2.56. The highest BCUT2D eigenvalue weighted by molar-refractivity contribution is 7.99. The molecule has 0 aromatic rings. The van der Waals surface area contributed by atoms with E-state index >= 15 is 0 Å². The van der Waals surface area contributed by atoms with Gasteiger partial charge in [0.2, 0.25) is 5.91 Å². The lowest BCUT2D eigenvalue weighted by atomic mass is 9.84. The molecule has 3 N–H and O–H groups in total. The molecule has 1 fully saturated rings. The van der Waals surface area contributed by atoms with Gasteiger partial charge >= 0.3 is 0 Å². The first-order valence-electron chi connectivity index (χ1n) is 6.67. The van der Waals surface area contributed by atoms with Crippen molar-refractivity contribution >= 4 is 17.7 Å². The third kappa shape index (κ3) is 3.38. The molecule has 1 amide bonds. The zero-order valence-corrected chi connectivity index (χ0v) is 12.1. The molecule has 0 aliphatic heterocycles. The number of hydrogen-bond donors (Lipinski definition) is 2. The van der Waals surface area contributed by atoms with E-state index in [1.807, 2.05) is 18.8 Å². The second-order valence-corrected chi connectivity index (χ2v) is 6.60. The number of rotatable bonds is 7. The Morgan fingerprint density at radius 3 is 2.88 bits per heavy atom. The monoisotopic (exact) mass is 258 g/mol. The maximum absolute atomic E-state index is 11.7. The number of hydrogen-bond acceptors (Lipinski definition) is 3. The summed E-state index contributed by atoms with van der Waals surface area (Å²) in [5.74, 6) is 1.38. The minimum atomic E-state index is -0.435. The lowest BCUT2D eigenvalue weighted by Gasteiger charge is -2.32. The molecule has 0 aromatic heterocycles. The van der Waals surface area contributed by atoms with Crippen molar-refractivity contribution in [2.75, 3.05) is 12.8 Å². The molecule has 1 rings (SSSR count). The van der Waals surface area contributed by atoms with Crippen molar-refractivity contribution in [3.8, 4) is 0 Å². The van der Waals surface area contributed by atoms with E-state index in [2.05, 4.69) is 19.2 Å². The van der Waals surface area contributed by atoms with Crippen LogP contribution >= 0.6 is 11.8 Å². The minimum absolute atomic E-state index is 0.170. The molecule has 1 aliphatic rings. The van der Waals surface area contributed by atoms with Crippen molar-refractivity contribution in [3.05, 3.63) is 0 Å². The number of amides is 1. The van der Waals surface area contributed by atoms with Crippen LogP contribution in [0.1, 0.15) is 46.0 Å². The number of nitrogens with two attached hydrogens (primary N) is 1. The van der Waals surface area contributed by atoms with E-state index in [9.17, 15) is 4.79 Å². The molecule has 3 unspecified atom stereocenters. The Balaban J connectivity index is 2.49. The van der Waals surface area contributed by atoms with Gasteiger partial charge in [0.05, 0.1) is 0 Å². The van der Waals surface area contributed by atoms with E-state index in [0.29, 0.717) is 11.2 Å². The van der Waals surface area contributed by atoms with Crippen molar-refractivity contribution < 1.29 is 4.79 Å². The van der Waals surface area contributed by atoms with Crippen LogP contribution in [0.25, 0.3) is 0 Å². The quantitative estimate of drug-likeness (QED) is 0.735. The summed E-state index contributed by atoms with van der Waals surface area (Å²) in [6.45, 7) is 4.48. The van der Waals surface area contributed by atoms with Crippen molar-refractivity contribution in [2.45, 2.75) is 56.7 Å². The van der Waals surface area contributed by atoms with Gasteiger partial charge in [-0.15, -0.1) is 0 Å². The van der Waals surface area contributed by atoms with Gasteiger partial charge < -0.3 is 11.1 Å². The minimum Gasteiger partial charge on any atom is -0.368 e. The summed E-state index contributed by atoms with van der Waals surface area (Å²) in [6, 6.07) is 0. The third-order valence-corrected chi connectivity index (χ3v) is 5.52. The molecule has 0 bridgehead atoms. The fourth-order valence-corrected chi connectivity index (χ4v) is 3.83. The number of carbonyl (C=O) groups excluding carboxylic acids is 1. The summed E-state index contributed by atoms with van der Waals surface area (Å²) < 4.78 is 0. The van der Waals surface area contributed by atoms with Gasteiger partial charge in [0, 0.05) is 5.25 Å². The molecular formula is C13H26N2OS. The number of primary amides is 1. The van der Waals surface area contributed by atoms with E-state index in [1.165, 1.54) is 6.42 Å². The molecule has 3 nitrogen and oxygen atoms in total. The predicted octanol–water partition coefficient (Wildman–Crippen LogP) is 2.15. The molecule has 17 heavy (non-hydrogen) atoms. The van der Waals surface area contributed by atoms with Crippen LogP contribution in [0.3, 0.4) is 0 Å². The van der Waals surface area contributed by atoms with Gasteiger partial charge in [-0.25, -0.2) is 0 Å². The van der Waals surface area contributed by atoms with E-state index in [-0.39, 0.29) is 5.91 Å². The van der Waals surface area contributed by atoms with Crippen LogP contribution in [-0.4, -0.2) is 29.5 Å². The Morgan fingerprint density at radius 1 is 1.65 bits per heavy atom. The molecule has 0 spiro atoms. The van der Waals surface area contributed by atoms with Gasteiger partial charge in [0.25, 0.3) is 0 Å². The molecule has 4 heteroatoms. The Bertz CT molecular complexity index is 260. The fourth-order valence-electron chi connectivity index (χ4n) is 2.77. The average Bonchev–Trinajstić information content (AvgIpc) is 2.73. The number of nitrogens with one attached hydrogen (secondary N) is 1. The van der Waals surface area contributed by atoms with Crippen LogP contribution in [-0.2, 0) is 4.79 Å². The van der Waals surface area contributed by atoms with E-state index in [1.54, 1.807) is 0 Å². The zero-order valence-electron chi connectivity index (χ0n) is 11.3. The van der Waals surface area contributed by atoms with Crippen LogP contribution in [0.2, 0.25) is 0 Å². The molecule has 0 saturated heterocycles. The van der Waals surface area contributed by atoms with Crippen LogP contribution < -0.4 is 11.1 Å². The third-order valence-electron chi connectivity index (χ3n) is 4.15. The van der Waals surface area contributed by atoms with Crippen molar-refractivity contribution in [3.63, 3.8) is 0 Å². The Kier molecular flexibility index (Phi) is 5.80. The first-order chi connectivity index (χ1) is 8.06. The van der Waals surface area contributed by atoms with Gasteiger partial charge in [0.1, 0.15) is 5.54 Å². The summed E-state index contributed by atoms with van der Waals surface area (Å²) in [7, 11) is 1.87. The maximum atomic E-state index is 11.7. The summed E-state index contributed by atoms with van der Waals surface area (Å²) in [5.41, 5.74) is 5.15. The molecular weight excluding hydrogens is 232 g/mol. The van der Waals surface area contributed by atoms with Crippen molar-refractivity contribution in [1.29, 1.82) is 0 Å². The first-order valence-corrected chi connectivity index (χ1v) is 7.72. The second-order valence-electron chi connectivity index (χ2n) is 5.05. The molecule has 3 atom stereocenters. The van der Waals surface area contributed by atoms with Crippen LogP contribution in [0.15, 0.2) is 0 Å². The molecule has 0 aromatic carbocycles. The Labute approximate surface area is 109 Å². The highest BCUT2D eigenvalue weighted by atomic mass is 32.2. The van der Waals surface area contributed by atoms with Gasteiger partial charge in [-0.2, -0.15) is 11.8 Å². The summed E-state index contributed by atoms with van der Waals surface area (Å²) >= 11 is 2.01. The Morgan fingerprint density at radius 2 is 2.35 bits per heavy atom. The van der Waals surface area contributed by atoms with Crippen LogP contribution in [0, 0.1) is 5.92 Å². The highest BCUT2D eigenvalue weighted by Gasteiger charge is 2.45. The van der Waals surface area contributed by atoms with E-state index in [0.717, 1.165) is 31.4 Å². The summed E-state index contributed by atoms with van der Waals surface area (Å²) in [4.78, 5) is 11.7. The van der Waals surface area contributed by atoms with Crippen molar-refractivity contribution in [1.82, 2.24) is 5.32 Å². The molecule has 100 valence electrons. The molecule has 1 aliphatic carbocycles. The Hall–Kier alpha value is -0.220. The highest BCUT2D eigenvalue weighted by Crippen LogP contribution is 2.38. The summed E-state index contributed by atoms with van der Waals surface area (Å²) in [5, 5.41) is 3.91. The predicted molar refractivity (Wildman–Crippen MR) is 75.2 cm³/mol. The molecule has 1 saturated carbocycles. The fraction of sp³-hybridized carbons (Fsp3) is 0.923. The molecule has 0 heterocycles. The van der Waals surface area contributed by atoms with Gasteiger partial charge in [-0.1, -0.05) is 20.3 Å². The van der Waals surface area contributed by atoms with Gasteiger partial charge in [0.15, 0.2) is 0 Å². The lowest BCUT2D eigenvalue weighted by molar-refractivity contribution is -0.125. The van der Waals surface area contributed by atoms with E-state index in [4.69, 9.17) is 5.73 Å². The summed E-state index contributed by atoms with van der Waals surface area (Å²) in [6.07, 6.45) is 5.45. The van der Waals surface area contributed by atoms with E-state index < -0.39 is 5.54 Å². The van der Waals surface area contributed by atoms with Gasteiger partial charge in [-0.05, 0) is 44.4 Å². The van der Waals surface area contributed by atoms with Crippen LogP contribution in [0.5, 0.6) is 0 Å². The van der Waals surface area contributed by atoms with Crippen LogP contribution in [0.4, 0.5) is 0 Å². The largest absolute Gasteiger partial charge is 0.368 e. The zero-order chi connectivity index (χ0) is 12.9. The normalized spacial score (nSPS) is 30.4. The number of likely N-dealkylation sites (N-methyl/N-ethyl adjacent to an activating group) is 1. The second kappa shape index (κ2) is 6.64. The first kappa shape index (κ1) is 14.8. The number of thioether (sulfide) groups is 1. The maximum Gasteiger partial charge on any atom is 0.238 e. The topological polar surface area (TPSA) is 55.1 Å². The average molecular weight is 258 g/mol. The standard InChI is InChI=1S/C13H26N2OS/c1-4-10(2)17-9-7-11-6-5-8-13(11,15-3)12(14)16/h10-11,15H,4-9H2,1-3H3,(H2,14,16). The number of carbonyl (C=O) groups is 1. The molecule has 0 radical (unpaired) electrons. The smallest absolute Gasteiger partial charge is 0.238 e. The SMILES string of the molecule is CCC(C)SCCC1CCCC1(NC)C(N)=O. The van der Waals surface area contributed by atoms with Crippen molar-refractivity contribution in [2.24, 2.45) is 11.7 Å². The van der Waals surface area contributed by atoms with Gasteiger partial charge in [-0.3, -0.25) is 4.79 Å².